The van der Waals surface area contributed by atoms with E-state index in [2.05, 4.69) is 10.3 Å². The summed E-state index contributed by atoms with van der Waals surface area (Å²) in [5, 5.41) is 3.41. The fraction of sp³-hybridized carbons (Fsp3) is 0.389. The number of para-hydroxylation sites is 1. The molecular weight excluding hydrogens is 354 g/mol. The van der Waals surface area contributed by atoms with Crippen LogP contribution >= 0.6 is 11.8 Å². The molecule has 0 radical (unpaired) electrons. The van der Waals surface area contributed by atoms with E-state index in [4.69, 9.17) is 9.47 Å². The molecule has 1 atom stereocenters. The molecule has 0 fully saturated rings. The fourth-order valence-electron chi connectivity index (χ4n) is 3.25. The number of carbonyl (C=O) groups excluding carboxylic acids is 1. The average molecular weight is 375 g/mol. The van der Waals surface area contributed by atoms with Gasteiger partial charge in [0.05, 0.1) is 19.8 Å². The molecule has 2 aromatic rings. The Morgan fingerprint density at radius 1 is 1.31 bits per heavy atom. The lowest BCUT2D eigenvalue weighted by Crippen LogP contribution is -2.33. The summed E-state index contributed by atoms with van der Waals surface area (Å²) in [6.45, 7) is 1.98. The zero-order chi connectivity index (χ0) is 18.8. The van der Waals surface area contributed by atoms with E-state index in [1.165, 1.54) is 11.8 Å². The molecule has 0 spiro atoms. The number of nitrogens with one attached hydrogen (secondary N) is 1. The number of carbonyl (C=O) groups is 1. The van der Waals surface area contributed by atoms with Crippen LogP contribution < -0.4 is 20.3 Å². The molecule has 1 aromatic carbocycles. The van der Waals surface area contributed by atoms with E-state index in [0.717, 1.165) is 11.3 Å². The summed E-state index contributed by atoms with van der Waals surface area (Å²) in [6.07, 6.45) is 0.147. The predicted octanol–water partition coefficient (Wildman–Crippen LogP) is 2.38. The Balaban J connectivity index is 2.24. The predicted molar refractivity (Wildman–Crippen MR) is 101 cm³/mol. The Hall–Kier alpha value is -2.48. The molecular formula is C18H21N3O4S. The van der Waals surface area contributed by atoms with E-state index in [0.29, 0.717) is 28.0 Å². The first kappa shape index (κ1) is 18.3. The molecule has 3 rings (SSSR count). The fourth-order valence-corrected chi connectivity index (χ4v) is 3.94. The number of hydrogen-bond donors (Lipinski definition) is 1. The number of amides is 1. The summed E-state index contributed by atoms with van der Waals surface area (Å²) in [6, 6.07) is 5.45. The van der Waals surface area contributed by atoms with Crippen molar-refractivity contribution in [3.63, 3.8) is 0 Å². The summed E-state index contributed by atoms with van der Waals surface area (Å²) < 4.78 is 12.6. The lowest BCUT2D eigenvalue weighted by Gasteiger charge is -2.28. The molecule has 1 aromatic heterocycles. The minimum Gasteiger partial charge on any atom is -0.493 e. The maximum Gasteiger partial charge on any atom is 0.279 e. The van der Waals surface area contributed by atoms with Crippen LogP contribution in [0.4, 0.5) is 5.82 Å². The number of fused-ring (bicyclic) bond motifs is 1. The summed E-state index contributed by atoms with van der Waals surface area (Å²) in [5.74, 6) is 1.75. The quantitative estimate of drug-likeness (QED) is 0.638. The molecule has 0 saturated heterocycles. The van der Waals surface area contributed by atoms with Gasteiger partial charge in [0, 0.05) is 24.9 Å². The van der Waals surface area contributed by atoms with Gasteiger partial charge in [-0.3, -0.25) is 9.59 Å². The van der Waals surface area contributed by atoms with E-state index >= 15 is 0 Å². The van der Waals surface area contributed by atoms with Gasteiger partial charge in [0.25, 0.3) is 5.56 Å². The van der Waals surface area contributed by atoms with Crippen LogP contribution in [0.25, 0.3) is 0 Å². The zero-order valence-corrected chi connectivity index (χ0v) is 16.0. The molecule has 8 heteroatoms. The standard InChI is InChI=1S/C18H21N3O4S/c1-5-26-18-20-17(23)14-11(9-13(22)19-16(14)21(18)2)10-7-6-8-12(24-3)15(10)25-4/h6-8,11H,5,9H2,1-4H3,(H,19,22)/t11-/m1/s1. The third kappa shape index (κ3) is 3.05. The van der Waals surface area contributed by atoms with Crippen LogP contribution in [0.5, 0.6) is 11.5 Å². The summed E-state index contributed by atoms with van der Waals surface area (Å²) in [4.78, 5) is 29.4. The lowest BCUT2D eigenvalue weighted by molar-refractivity contribution is -0.116. The van der Waals surface area contributed by atoms with Crippen LogP contribution in [0.15, 0.2) is 28.2 Å². The third-order valence-corrected chi connectivity index (χ3v) is 5.30. The number of ether oxygens (including phenoxy) is 2. The van der Waals surface area contributed by atoms with Crippen LogP contribution in [-0.4, -0.2) is 35.4 Å². The van der Waals surface area contributed by atoms with Crippen molar-refractivity contribution in [3.05, 3.63) is 39.7 Å². The lowest BCUT2D eigenvalue weighted by atomic mass is 9.86. The van der Waals surface area contributed by atoms with Crippen molar-refractivity contribution in [2.45, 2.75) is 24.4 Å². The molecule has 1 aliphatic rings. The number of nitrogens with zero attached hydrogens (tertiary/aromatic N) is 2. The van der Waals surface area contributed by atoms with Crippen molar-refractivity contribution in [3.8, 4) is 11.5 Å². The second-order valence-corrected chi connectivity index (χ2v) is 7.07. The van der Waals surface area contributed by atoms with Gasteiger partial charge in [-0.1, -0.05) is 30.8 Å². The van der Waals surface area contributed by atoms with Crippen molar-refractivity contribution < 1.29 is 14.3 Å². The molecule has 26 heavy (non-hydrogen) atoms. The van der Waals surface area contributed by atoms with Gasteiger partial charge in [-0.25, -0.2) is 0 Å². The normalized spacial score (nSPS) is 16.0. The molecule has 7 nitrogen and oxygen atoms in total. The van der Waals surface area contributed by atoms with Crippen LogP contribution in [-0.2, 0) is 11.8 Å². The molecule has 2 heterocycles. The van der Waals surface area contributed by atoms with E-state index in [1.54, 1.807) is 31.9 Å². The Morgan fingerprint density at radius 3 is 2.73 bits per heavy atom. The number of hydrogen-bond acceptors (Lipinski definition) is 6. The van der Waals surface area contributed by atoms with Crippen molar-refractivity contribution in [1.29, 1.82) is 0 Å². The highest BCUT2D eigenvalue weighted by atomic mass is 32.2. The number of methoxy groups -OCH3 is 2. The van der Waals surface area contributed by atoms with Gasteiger partial charge in [-0.05, 0) is 11.8 Å². The van der Waals surface area contributed by atoms with Gasteiger partial charge < -0.3 is 19.4 Å². The van der Waals surface area contributed by atoms with Crippen LogP contribution in [0, 0.1) is 0 Å². The first-order valence-corrected chi connectivity index (χ1v) is 9.24. The molecule has 0 bridgehead atoms. The highest BCUT2D eigenvalue weighted by Crippen LogP contribution is 2.42. The topological polar surface area (TPSA) is 82.5 Å². The number of benzene rings is 1. The van der Waals surface area contributed by atoms with Gasteiger partial charge in [0.1, 0.15) is 5.82 Å². The maximum atomic E-state index is 12.8. The monoisotopic (exact) mass is 375 g/mol. The maximum absolute atomic E-state index is 12.8. The molecule has 1 N–H and O–H groups in total. The second-order valence-electron chi connectivity index (χ2n) is 5.84. The Labute approximate surface area is 155 Å². The van der Waals surface area contributed by atoms with Crippen molar-refractivity contribution in [1.82, 2.24) is 9.55 Å². The highest BCUT2D eigenvalue weighted by Gasteiger charge is 2.34. The molecule has 1 amide bonds. The van der Waals surface area contributed by atoms with Crippen molar-refractivity contribution >= 4 is 23.5 Å². The van der Waals surface area contributed by atoms with E-state index in [1.807, 2.05) is 19.1 Å². The first-order valence-electron chi connectivity index (χ1n) is 8.26. The number of thioether (sulfide) groups is 1. The zero-order valence-electron chi connectivity index (χ0n) is 15.2. The van der Waals surface area contributed by atoms with Gasteiger partial charge in [-0.2, -0.15) is 4.98 Å². The SMILES string of the molecule is CCSc1nc(=O)c2c(n1C)NC(=O)C[C@@H]2c1cccc(OC)c1OC. The first-order chi connectivity index (χ1) is 12.5. The minimum atomic E-state index is -0.448. The molecule has 138 valence electrons. The summed E-state index contributed by atoms with van der Waals surface area (Å²) in [5.41, 5.74) is 0.876. The van der Waals surface area contributed by atoms with E-state index < -0.39 is 5.92 Å². The number of rotatable bonds is 5. The van der Waals surface area contributed by atoms with Gasteiger partial charge in [0.2, 0.25) is 5.91 Å². The van der Waals surface area contributed by atoms with Gasteiger partial charge in [0.15, 0.2) is 16.7 Å². The summed E-state index contributed by atoms with van der Waals surface area (Å²) >= 11 is 1.46. The molecule has 1 aliphatic heterocycles. The van der Waals surface area contributed by atoms with Crippen LogP contribution in [0.1, 0.15) is 30.4 Å². The smallest absolute Gasteiger partial charge is 0.279 e. The Morgan fingerprint density at radius 2 is 2.08 bits per heavy atom. The molecule has 0 aliphatic carbocycles. The van der Waals surface area contributed by atoms with E-state index in [9.17, 15) is 9.59 Å². The van der Waals surface area contributed by atoms with Gasteiger partial charge >= 0.3 is 0 Å². The Bertz CT molecular complexity index is 910. The second kappa shape index (κ2) is 7.41. The van der Waals surface area contributed by atoms with Gasteiger partial charge in [-0.15, -0.1) is 0 Å². The Kier molecular flexibility index (Phi) is 5.22. The van der Waals surface area contributed by atoms with Crippen LogP contribution in [0.2, 0.25) is 0 Å². The molecule has 0 saturated carbocycles. The number of anilines is 1. The van der Waals surface area contributed by atoms with Crippen molar-refractivity contribution in [2.24, 2.45) is 7.05 Å². The average Bonchev–Trinajstić information content (AvgIpc) is 2.64. The third-order valence-electron chi connectivity index (χ3n) is 4.38. The highest BCUT2D eigenvalue weighted by molar-refractivity contribution is 7.99. The summed E-state index contributed by atoms with van der Waals surface area (Å²) in [7, 11) is 4.90. The molecule has 0 unspecified atom stereocenters. The van der Waals surface area contributed by atoms with Crippen molar-refractivity contribution in [2.75, 3.05) is 25.3 Å². The van der Waals surface area contributed by atoms with E-state index in [-0.39, 0.29) is 17.9 Å². The largest absolute Gasteiger partial charge is 0.493 e. The van der Waals surface area contributed by atoms with Crippen LogP contribution in [0.3, 0.4) is 0 Å². The number of aromatic nitrogens is 2. The minimum absolute atomic E-state index is 0.147.